The molecule has 23 heavy (non-hydrogen) atoms. The van der Waals surface area contributed by atoms with Crippen LogP contribution in [0.2, 0.25) is 0 Å². The van der Waals surface area contributed by atoms with E-state index in [4.69, 9.17) is 4.74 Å². The summed E-state index contributed by atoms with van der Waals surface area (Å²) in [6, 6.07) is 8.15. The minimum absolute atomic E-state index is 0.242. The molecule has 0 unspecified atom stereocenters. The average Bonchev–Trinajstić information content (AvgIpc) is 2.50. The molecular weight excluding hydrogens is 286 g/mol. The van der Waals surface area contributed by atoms with Crippen molar-refractivity contribution in [3.8, 4) is 5.75 Å². The maximum absolute atomic E-state index is 11.0. The number of rotatable bonds is 8. The number of carbonyl (C=O) groups is 1. The van der Waals surface area contributed by atoms with Crippen molar-refractivity contribution in [1.29, 1.82) is 0 Å². The first-order chi connectivity index (χ1) is 11.0. The van der Waals surface area contributed by atoms with Crippen LogP contribution in [-0.2, 0) is 11.2 Å². The first-order valence-corrected chi connectivity index (χ1v) is 8.96. The molecule has 0 saturated carbocycles. The summed E-state index contributed by atoms with van der Waals surface area (Å²) in [7, 11) is 0. The number of carbonyl (C=O) groups excluding carboxylic acids is 1. The molecule has 3 heteroatoms. The van der Waals surface area contributed by atoms with Gasteiger partial charge in [-0.1, -0.05) is 26.0 Å². The van der Waals surface area contributed by atoms with Gasteiger partial charge in [-0.25, -0.2) is 0 Å². The van der Waals surface area contributed by atoms with Crippen molar-refractivity contribution in [2.75, 3.05) is 26.2 Å². The monoisotopic (exact) mass is 317 g/mol. The van der Waals surface area contributed by atoms with E-state index in [1.165, 1.54) is 25.1 Å². The minimum Gasteiger partial charge on any atom is -0.494 e. The third kappa shape index (κ3) is 6.74. The molecule has 2 atom stereocenters. The Morgan fingerprint density at radius 1 is 1.17 bits per heavy atom. The van der Waals surface area contributed by atoms with E-state index in [0.717, 1.165) is 43.6 Å². The largest absolute Gasteiger partial charge is 0.494 e. The molecule has 1 heterocycles. The Balaban J connectivity index is 1.65. The fourth-order valence-corrected chi connectivity index (χ4v) is 3.53. The molecule has 1 aromatic rings. The van der Waals surface area contributed by atoms with Gasteiger partial charge in [0.2, 0.25) is 0 Å². The zero-order valence-corrected chi connectivity index (χ0v) is 14.9. The number of piperidine rings is 1. The van der Waals surface area contributed by atoms with Gasteiger partial charge in [-0.15, -0.1) is 0 Å². The number of hydrogen-bond donors (Lipinski definition) is 0. The predicted molar refractivity (Wildman–Crippen MR) is 94.9 cm³/mol. The Kier molecular flexibility index (Phi) is 7.10. The summed E-state index contributed by atoms with van der Waals surface area (Å²) in [4.78, 5) is 13.6. The molecule has 1 fully saturated rings. The second kappa shape index (κ2) is 9.07. The van der Waals surface area contributed by atoms with Gasteiger partial charge < -0.3 is 14.4 Å². The van der Waals surface area contributed by atoms with Gasteiger partial charge in [0.05, 0.1) is 6.61 Å². The van der Waals surface area contributed by atoms with Crippen molar-refractivity contribution in [2.24, 2.45) is 11.8 Å². The van der Waals surface area contributed by atoms with Gasteiger partial charge in [-0.2, -0.15) is 0 Å². The summed E-state index contributed by atoms with van der Waals surface area (Å²) in [6.45, 7) is 10.7. The highest BCUT2D eigenvalue weighted by molar-refractivity contribution is 5.75. The smallest absolute Gasteiger partial charge is 0.130 e. The number of aryl methyl sites for hydroxylation is 1. The van der Waals surface area contributed by atoms with Crippen molar-refractivity contribution >= 4 is 5.78 Å². The lowest BCUT2D eigenvalue weighted by Gasteiger charge is -2.34. The van der Waals surface area contributed by atoms with E-state index in [2.05, 4.69) is 30.9 Å². The third-order valence-electron chi connectivity index (χ3n) is 4.52. The van der Waals surface area contributed by atoms with Gasteiger partial charge in [-0.05, 0) is 55.7 Å². The van der Waals surface area contributed by atoms with Crippen LogP contribution in [0, 0.1) is 11.8 Å². The Morgan fingerprint density at radius 2 is 1.83 bits per heavy atom. The second-order valence-corrected chi connectivity index (χ2v) is 7.25. The number of nitrogens with zero attached hydrogens (tertiary/aromatic N) is 1. The van der Waals surface area contributed by atoms with Crippen LogP contribution in [0.1, 0.15) is 45.6 Å². The number of benzene rings is 1. The van der Waals surface area contributed by atoms with E-state index in [1.807, 2.05) is 12.1 Å². The van der Waals surface area contributed by atoms with Crippen molar-refractivity contribution in [1.82, 2.24) is 4.90 Å². The van der Waals surface area contributed by atoms with E-state index in [1.54, 1.807) is 6.92 Å². The number of likely N-dealkylation sites (tertiary alicyclic amines) is 1. The fraction of sp³-hybridized carbons (Fsp3) is 0.650. The normalized spacial score (nSPS) is 22.0. The van der Waals surface area contributed by atoms with Gasteiger partial charge in [0.15, 0.2) is 0 Å². The second-order valence-electron chi connectivity index (χ2n) is 7.25. The summed E-state index contributed by atoms with van der Waals surface area (Å²) in [5.74, 6) is 2.81. The van der Waals surface area contributed by atoms with Crippen molar-refractivity contribution in [3.63, 3.8) is 0 Å². The zero-order chi connectivity index (χ0) is 16.7. The van der Waals surface area contributed by atoms with Crippen molar-refractivity contribution in [3.05, 3.63) is 29.8 Å². The molecule has 0 aromatic heterocycles. The molecule has 1 aliphatic rings. The van der Waals surface area contributed by atoms with Gasteiger partial charge in [0.25, 0.3) is 0 Å². The molecule has 128 valence electrons. The lowest BCUT2D eigenvalue weighted by atomic mass is 9.92. The number of ketones is 1. The molecule has 0 aliphatic carbocycles. The number of Topliss-reactive ketones (excluding diaryl/α,β-unsaturated/α-hetero) is 1. The van der Waals surface area contributed by atoms with E-state index in [0.29, 0.717) is 6.42 Å². The van der Waals surface area contributed by atoms with Crippen LogP contribution in [0.5, 0.6) is 5.75 Å². The van der Waals surface area contributed by atoms with E-state index >= 15 is 0 Å². The Morgan fingerprint density at radius 3 is 2.43 bits per heavy atom. The predicted octanol–water partition coefficient (Wildman–Crippen LogP) is 3.96. The van der Waals surface area contributed by atoms with E-state index < -0.39 is 0 Å². The highest BCUT2D eigenvalue weighted by Gasteiger charge is 2.20. The van der Waals surface area contributed by atoms with Crippen LogP contribution >= 0.6 is 0 Å². The highest BCUT2D eigenvalue weighted by atomic mass is 16.5. The van der Waals surface area contributed by atoms with Crippen LogP contribution in [-0.4, -0.2) is 36.9 Å². The van der Waals surface area contributed by atoms with Crippen LogP contribution in [0.3, 0.4) is 0 Å². The molecule has 2 rings (SSSR count). The molecule has 1 saturated heterocycles. The SMILES string of the molecule is CC(=O)CCc1ccc(OCCCN2C[C@H](C)C[C@@H](C)C2)cc1. The van der Waals surface area contributed by atoms with E-state index in [9.17, 15) is 4.79 Å². The topological polar surface area (TPSA) is 29.5 Å². The van der Waals surface area contributed by atoms with Crippen LogP contribution in [0.4, 0.5) is 0 Å². The third-order valence-corrected chi connectivity index (χ3v) is 4.52. The summed E-state index contributed by atoms with van der Waals surface area (Å²) in [6.07, 6.45) is 3.88. The fourth-order valence-electron chi connectivity index (χ4n) is 3.53. The standard InChI is InChI=1S/C20H31NO2/c1-16-13-17(2)15-21(14-16)11-4-12-23-20-9-7-19(8-10-20)6-5-18(3)22/h7-10,16-17H,4-6,11-15H2,1-3H3/t16-,17-/m1/s1. The highest BCUT2D eigenvalue weighted by Crippen LogP contribution is 2.21. The molecule has 0 spiro atoms. The molecule has 0 amide bonds. The summed E-state index contributed by atoms with van der Waals surface area (Å²) >= 11 is 0. The molecular formula is C20H31NO2. The van der Waals surface area contributed by atoms with Crippen LogP contribution in [0.25, 0.3) is 0 Å². The van der Waals surface area contributed by atoms with Crippen LogP contribution < -0.4 is 4.74 Å². The Labute approximate surface area is 141 Å². The minimum atomic E-state index is 0.242. The van der Waals surface area contributed by atoms with E-state index in [-0.39, 0.29) is 5.78 Å². The van der Waals surface area contributed by atoms with Gasteiger partial charge in [0, 0.05) is 26.1 Å². The maximum Gasteiger partial charge on any atom is 0.130 e. The average molecular weight is 317 g/mol. The van der Waals surface area contributed by atoms with Crippen molar-refractivity contribution < 1.29 is 9.53 Å². The summed E-state index contributed by atoms with van der Waals surface area (Å²) in [5.41, 5.74) is 1.20. The molecule has 0 radical (unpaired) electrons. The molecule has 0 bridgehead atoms. The molecule has 1 aromatic carbocycles. The molecule has 1 aliphatic heterocycles. The quantitative estimate of drug-likeness (QED) is 0.680. The van der Waals surface area contributed by atoms with Crippen LogP contribution in [0.15, 0.2) is 24.3 Å². The Hall–Kier alpha value is -1.35. The lowest BCUT2D eigenvalue weighted by molar-refractivity contribution is -0.116. The maximum atomic E-state index is 11.0. The zero-order valence-electron chi connectivity index (χ0n) is 14.9. The first kappa shape index (κ1) is 18.0. The Bertz CT molecular complexity index is 473. The first-order valence-electron chi connectivity index (χ1n) is 8.96. The van der Waals surface area contributed by atoms with Gasteiger partial charge in [-0.3, -0.25) is 0 Å². The number of ether oxygens (including phenoxy) is 1. The lowest BCUT2D eigenvalue weighted by Crippen LogP contribution is -2.39. The summed E-state index contributed by atoms with van der Waals surface area (Å²) in [5, 5.41) is 0. The molecule has 0 N–H and O–H groups in total. The number of hydrogen-bond acceptors (Lipinski definition) is 3. The molecule has 3 nitrogen and oxygen atoms in total. The van der Waals surface area contributed by atoms with Crippen molar-refractivity contribution in [2.45, 2.75) is 46.5 Å². The summed E-state index contributed by atoms with van der Waals surface area (Å²) < 4.78 is 5.84. The van der Waals surface area contributed by atoms with Gasteiger partial charge in [0.1, 0.15) is 11.5 Å². The van der Waals surface area contributed by atoms with Gasteiger partial charge >= 0.3 is 0 Å².